The first kappa shape index (κ1) is 13.9. The highest BCUT2D eigenvalue weighted by Gasteiger charge is 2.43. The Bertz CT molecular complexity index is 527. The van der Waals surface area contributed by atoms with Crippen molar-refractivity contribution >= 4 is 59.8 Å². The van der Waals surface area contributed by atoms with Gasteiger partial charge in [-0.1, -0.05) is 12.1 Å². The minimum Gasteiger partial charge on any atom is -0.399 e. The van der Waals surface area contributed by atoms with E-state index in [9.17, 15) is 13.2 Å². The van der Waals surface area contributed by atoms with Gasteiger partial charge < -0.3 is 5.73 Å². The van der Waals surface area contributed by atoms with E-state index in [4.69, 9.17) is 5.73 Å². The van der Waals surface area contributed by atoms with Crippen molar-refractivity contribution in [3.8, 4) is 0 Å². The molecule has 0 aliphatic carbocycles. The summed E-state index contributed by atoms with van der Waals surface area (Å²) in [5.74, 6) is -0.539. The quantitative estimate of drug-likeness (QED) is 0.353. The predicted molar refractivity (Wildman–Crippen MR) is 75.7 cm³/mol. The average Bonchev–Trinajstić information content (AvgIpc) is 2.14. The molecule has 0 aromatic heterocycles. The fourth-order valence-corrected chi connectivity index (χ4v) is 2.01. The first-order valence-electron chi connectivity index (χ1n) is 4.14. The summed E-state index contributed by atoms with van der Waals surface area (Å²) in [6, 6.07) is 6.20. The molecule has 0 amide bonds. The third-order valence-electron chi connectivity index (χ3n) is 1.88. The standard InChI is InChI=1S/C9H9BrINO3S/c1-16(14,15)9(10,11)8(13)6-3-2-4-7(12)5-6/h2-5H,12H2,1H3/t9-/m0/s1. The highest BCUT2D eigenvalue weighted by molar-refractivity contribution is 14.1. The van der Waals surface area contributed by atoms with Crippen LogP contribution >= 0.6 is 38.5 Å². The Kier molecular flexibility index (Phi) is 4.01. The molecule has 16 heavy (non-hydrogen) atoms. The number of halogens is 2. The molecular formula is C9H9BrINO3S. The largest absolute Gasteiger partial charge is 0.399 e. The van der Waals surface area contributed by atoms with Crippen LogP contribution < -0.4 is 5.73 Å². The third kappa shape index (κ3) is 2.75. The van der Waals surface area contributed by atoms with Crippen molar-refractivity contribution in [2.24, 2.45) is 0 Å². The molecule has 0 aliphatic rings. The van der Waals surface area contributed by atoms with E-state index in [0.717, 1.165) is 6.26 Å². The summed E-state index contributed by atoms with van der Waals surface area (Å²) < 4.78 is 21.2. The van der Waals surface area contributed by atoms with Crippen LogP contribution in [0.1, 0.15) is 10.4 Å². The molecule has 0 saturated carbocycles. The summed E-state index contributed by atoms with van der Waals surface area (Å²) in [6.45, 7) is 0. The van der Waals surface area contributed by atoms with Crippen LogP contribution in [0, 0.1) is 0 Å². The molecule has 1 aromatic rings. The second-order valence-electron chi connectivity index (χ2n) is 3.24. The second kappa shape index (κ2) is 4.61. The molecule has 0 fully saturated rings. The van der Waals surface area contributed by atoms with Crippen LogP contribution in [0.5, 0.6) is 0 Å². The fraction of sp³-hybridized carbons (Fsp3) is 0.222. The molecule has 0 heterocycles. The van der Waals surface area contributed by atoms with Gasteiger partial charge >= 0.3 is 0 Å². The van der Waals surface area contributed by atoms with Crippen molar-refractivity contribution in [3.63, 3.8) is 0 Å². The Hall–Kier alpha value is -0.150. The van der Waals surface area contributed by atoms with Crippen LogP contribution in [0.25, 0.3) is 0 Å². The lowest BCUT2D eigenvalue weighted by Gasteiger charge is -2.16. The van der Waals surface area contributed by atoms with Crippen molar-refractivity contribution in [2.45, 2.75) is 1.66 Å². The monoisotopic (exact) mass is 417 g/mol. The van der Waals surface area contributed by atoms with Gasteiger partial charge in [-0.2, -0.15) is 0 Å². The van der Waals surface area contributed by atoms with Gasteiger partial charge in [-0.25, -0.2) is 8.42 Å². The summed E-state index contributed by atoms with van der Waals surface area (Å²) >= 11 is 4.50. The zero-order chi connectivity index (χ0) is 12.6. The molecule has 0 spiro atoms. The van der Waals surface area contributed by atoms with Crippen LogP contribution in [-0.4, -0.2) is 22.1 Å². The van der Waals surface area contributed by atoms with Gasteiger partial charge in [-0.15, -0.1) is 0 Å². The molecule has 1 aromatic carbocycles. The van der Waals surface area contributed by atoms with Crippen LogP contribution in [0.15, 0.2) is 24.3 Å². The number of sulfone groups is 1. The summed E-state index contributed by atoms with van der Waals surface area (Å²) in [7, 11) is -3.55. The van der Waals surface area contributed by atoms with E-state index in [-0.39, 0.29) is 5.56 Å². The lowest BCUT2D eigenvalue weighted by atomic mass is 10.1. The molecule has 0 unspecified atom stereocenters. The van der Waals surface area contributed by atoms with E-state index in [1.807, 2.05) is 0 Å². The minimum absolute atomic E-state index is 0.261. The third-order valence-corrected chi connectivity index (χ3v) is 8.01. The van der Waals surface area contributed by atoms with Crippen molar-refractivity contribution < 1.29 is 13.2 Å². The minimum atomic E-state index is -3.55. The van der Waals surface area contributed by atoms with E-state index >= 15 is 0 Å². The van der Waals surface area contributed by atoms with Gasteiger partial charge in [0.2, 0.25) is 7.45 Å². The maximum absolute atomic E-state index is 12.0. The van der Waals surface area contributed by atoms with E-state index < -0.39 is 17.3 Å². The number of hydrogen-bond donors (Lipinski definition) is 1. The molecule has 2 N–H and O–H groups in total. The number of nitrogens with two attached hydrogens (primary N) is 1. The first-order chi connectivity index (χ1) is 7.16. The Balaban J connectivity index is 3.23. The summed E-state index contributed by atoms with van der Waals surface area (Å²) in [4.78, 5) is 12.0. The van der Waals surface area contributed by atoms with Crippen molar-refractivity contribution in [1.29, 1.82) is 0 Å². The van der Waals surface area contributed by atoms with Crippen molar-refractivity contribution in [1.82, 2.24) is 0 Å². The Morgan fingerprint density at radius 3 is 2.50 bits per heavy atom. The number of hydrogen-bond acceptors (Lipinski definition) is 4. The Morgan fingerprint density at radius 1 is 1.50 bits per heavy atom. The zero-order valence-electron chi connectivity index (χ0n) is 8.28. The van der Waals surface area contributed by atoms with Crippen LogP contribution in [0.2, 0.25) is 0 Å². The van der Waals surface area contributed by atoms with E-state index in [0.29, 0.717) is 5.69 Å². The van der Waals surface area contributed by atoms with Gasteiger partial charge in [-0.3, -0.25) is 4.79 Å². The van der Waals surface area contributed by atoms with E-state index in [2.05, 4.69) is 15.9 Å². The maximum Gasteiger partial charge on any atom is 0.238 e. The smallest absolute Gasteiger partial charge is 0.238 e. The lowest BCUT2D eigenvalue weighted by molar-refractivity contribution is 0.101. The molecule has 7 heteroatoms. The Labute approximate surface area is 116 Å². The van der Waals surface area contributed by atoms with Gasteiger partial charge in [0.15, 0.2) is 9.84 Å². The van der Waals surface area contributed by atoms with Gasteiger partial charge in [0.1, 0.15) is 0 Å². The molecule has 1 atom stereocenters. The summed E-state index contributed by atoms with van der Waals surface area (Å²) in [5.41, 5.74) is 6.21. The first-order valence-corrected chi connectivity index (χ1v) is 7.90. The molecule has 4 nitrogen and oxygen atoms in total. The van der Waals surface area contributed by atoms with Gasteiger partial charge in [0.05, 0.1) is 0 Å². The molecule has 0 saturated heterocycles. The van der Waals surface area contributed by atoms with Crippen LogP contribution in [-0.2, 0) is 9.84 Å². The lowest BCUT2D eigenvalue weighted by Crippen LogP contribution is -2.33. The van der Waals surface area contributed by atoms with Gasteiger partial charge in [0, 0.05) is 17.5 Å². The Morgan fingerprint density at radius 2 is 2.06 bits per heavy atom. The highest BCUT2D eigenvalue weighted by Crippen LogP contribution is 2.36. The summed E-state index contributed by atoms with van der Waals surface area (Å²) in [6.07, 6.45) is 0.998. The number of carbonyl (C=O) groups is 1. The number of Topliss-reactive ketones (excluding diaryl/α,β-unsaturated/α-hetero) is 1. The number of carbonyl (C=O) groups excluding carboxylic acids is 1. The molecule has 88 valence electrons. The average molecular weight is 418 g/mol. The molecular weight excluding hydrogens is 409 g/mol. The molecule has 0 aliphatic heterocycles. The number of nitrogen functional groups attached to an aromatic ring is 1. The van der Waals surface area contributed by atoms with Gasteiger partial charge in [-0.05, 0) is 50.7 Å². The highest BCUT2D eigenvalue weighted by atomic mass is 127. The normalized spacial score (nSPS) is 15.4. The number of ketones is 1. The predicted octanol–water partition coefficient (Wildman–Crippen LogP) is 1.98. The number of anilines is 1. The fourth-order valence-electron chi connectivity index (χ4n) is 1.02. The van der Waals surface area contributed by atoms with Crippen LogP contribution in [0.4, 0.5) is 5.69 Å². The van der Waals surface area contributed by atoms with Crippen LogP contribution in [0.3, 0.4) is 0 Å². The zero-order valence-corrected chi connectivity index (χ0v) is 12.8. The van der Waals surface area contributed by atoms with E-state index in [1.165, 1.54) is 12.1 Å². The topological polar surface area (TPSA) is 77.2 Å². The van der Waals surface area contributed by atoms with Crippen molar-refractivity contribution in [3.05, 3.63) is 29.8 Å². The van der Waals surface area contributed by atoms with Gasteiger partial charge in [0.25, 0.3) is 0 Å². The van der Waals surface area contributed by atoms with E-state index in [1.54, 1.807) is 34.7 Å². The van der Waals surface area contributed by atoms with Crippen molar-refractivity contribution in [2.75, 3.05) is 12.0 Å². The molecule has 0 radical (unpaired) electrons. The molecule has 1 rings (SSSR count). The SMILES string of the molecule is CS(=O)(=O)[C@@](Br)(I)C(=O)c1cccc(N)c1. The number of rotatable bonds is 3. The number of alkyl halides is 2. The number of benzene rings is 1. The molecule has 0 bridgehead atoms. The second-order valence-corrected chi connectivity index (χ2v) is 10.9. The summed E-state index contributed by atoms with van der Waals surface area (Å²) in [5, 5.41) is 0. The maximum atomic E-state index is 12.0.